The van der Waals surface area contributed by atoms with Crippen LogP contribution in [0.5, 0.6) is 0 Å². The lowest BCUT2D eigenvalue weighted by Gasteiger charge is -2.21. The van der Waals surface area contributed by atoms with Crippen molar-refractivity contribution in [2.75, 3.05) is 19.6 Å². The minimum atomic E-state index is 0.661. The lowest BCUT2D eigenvalue weighted by molar-refractivity contribution is 0.273. The summed E-state index contributed by atoms with van der Waals surface area (Å²) in [5, 5.41) is 3.59. The summed E-state index contributed by atoms with van der Waals surface area (Å²) in [4.78, 5) is 2.57. The fourth-order valence-electron chi connectivity index (χ4n) is 2.00. The Kier molecular flexibility index (Phi) is 4.02. The highest BCUT2D eigenvalue weighted by molar-refractivity contribution is 4.77. The third-order valence-corrected chi connectivity index (χ3v) is 2.52. The molecular weight excluding hydrogens is 148 g/mol. The van der Waals surface area contributed by atoms with Crippen LogP contribution >= 0.6 is 0 Å². The molecule has 0 aromatic carbocycles. The van der Waals surface area contributed by atoms with Crippen LogP contribution in [0.1, 0.15) is 33.6 Å². The van der Waals surface area contributed by atoms with Gasteiger partial charge in [-0.1, -0.05) is 6.92 Å². The van der Waals surface area contributed by atoms with Gasteiger partial charge in [0.05, 0.1) is 0 Å². The minimum Gasteiger partial charge on any atom is -0.310 e. The Bertz CT molecular complexity index is 125. The van der Waals surface area contributed by atoms with Crippen molar-refractivity contribution in [3.63, 3.8) is 0 Å². The number of nitrogens with one attached hydrogen (secondary N) is 1. The van der Waals surface area contributed by atoms with Crippen molar-refractivity contribution in [3.8, 4) is 0 Å². The minimum absolute atomic E-state index is 0.661. The van der Waals surface area contributed by atoms with Crippen molar-refractivity contribution in [2.45, 2.75) is 45.7 Å². The second-order valence-electron chi connectivity index (χ2n) is 4.06. The summed E-state index contributed by atoms with van der Waals surface area (Å²) >= 11 is 0. The van der Waals surface area contributed by atoms with E-state index in [9.17, 15) is 0 Å². The highest BCUT2D eigenvalue weighted by atomic mass is 15.2. The Labute approximate surface area is 76.3 Å². The molecular formula is C10H22N2. The molecule has 1 aliphatic heterocycles. The van der Waals surface area contributed by atoms with Crippen LogP contribution in [0.3, 0.4) is 0 Å². The molecule has 1 saturated heterocycles. The van der Waals surface area contributed by atoms with Gasteiger partial charge >= 0.3 is 0 Å². The maximum Gasteiger partial charge on any atom is 0.0169 e. The summed E-state index contributed by atoms with van der Waals surface area (Å²) in [5.41, 5.74) is 0. The van der Waals surface area contributed by atoms with E-state index in [1.165, 1.54) is 32.5 Å². The van der Waals surface area contributed by atoms with Gasteiger partial charge in [0.15, 0.2) is 0 Å². The first kappa shape index (κ1) is 10.0. The Hall–Kier alpha value is -0.0800. The molecule has 0 aromatic heterocycles. The normalized spacial score (nSPS) is 33.2. The van der Waals surface area contributed by atoms with Gasteiger partial charge in [-0.3, -0.25) is 0 Å². The lowest BCUT2D eigenvalue weighted by Crippen LogP contribution is -2.37. The first-order valence-electron chi connectivity index (χ1n) is 5.20. The fraction of sp³-hybridized carbons (Fsp3) is 1.00. The Morgan fingerprint density at radius 1 is 1.33 bits per heavy atom. The molecule has 1 N–H and O–H groups in total. The van der Waals surface area contributed by atoms with Crippen LogP contribution < -0.4 is 5.32 Å². The summed E-state index contributed by atoms with van der Waals surface area (Å²) in [6, 6.07) is 1.36. The average molecular weight is 170 g/mol. The Balaban J connectivity index is 2.35. The molecule has 0 amide bonds. The van der Waals surface area contributed by atoms with E-state index in [1.54, 1.807) is 0 Å². The first-order valence-corrected chi connectivity index (χ1v) is 5.20. The van der Waals surface area contributed by atoms with Gasteiger partial charge in [-0.15, -0.1) is 0 Å². The van der Waals surface area contributed by atoms with Crippen molar-refractivity contribution in [1.82, 2.24) is 10.2 Å². The fourth-order valence-corrected chi connectivity index (χ4v) is 2.00. The summed E-state index contributed by atoms with van der Waals surface area (Å²) in [5.74, 6) is 0. The quantitative estimate of drug-likeness (QED) is 0.675. The molecule has 1 heterocycles. The monoisotopic (exact) mass is 170 g/mol. The van der Waals surface area contributed by atoms with Crippen LogP contribution in [0.15, 0.2) is 0 Å². The van der Waals surface area contributed by atoms with Crippen molar-refractivity contribution in [2.24, 2.45) is 0 Å². The highest BCUT2D eigenvalue weighted by Crippen LogP contribution is 2.05. The van der Waals surface area contributed by atoms with Crippen molar-refractivity contribution < 1.29 is 0 Å². The topological polar surface area (TPSA) is 15.3 Å². The van der Waals surface area contributed by atoms with Crippen LogP contribution in [-0.4, -0.2) is 36.6 Å². The lowest BCUT2D eigenvalue weighted by atomic mass is 10.2. The molecule has 0 bridgehead atoms. The van der Waals surface area contributed by atoms with Gasteiger partial charge in [0, 0.05) is 18.6 Å². The van der Waals surface area contributed by atoms with Gasteiger partial charge in [0.2, 0.25) is 0 Å². The van der Waals surface area contributed by atoms with E-state index in [0.29, 0.717) is 12.1 Å². The van der Waals surface area contributed by atoms with E-state index in [0.717, 1.165) is 0 Å². The van der Waals surface area contributed by atoms with Crippen LogP contribution in [0, 0.1) is 0 Å². The van der Waals surface area contributed by atoms with E-state index >= 15 is 0 Å². The highest BCUT2D eigenvalue weighted by Gasteiger charge is 2.16. The average Bonchev–Trinajstić information content (AvgIpc) is 2.13. The largest absolute Gasteiger partial charge is 0.310 e. The molecule has 0 saturated carbocycles. The molecule has 2 nitrogen and oxygen atoms in total. The molecule has 2 unspecified atom stereocenters. The predicted molar refractivity (Wildman–Crippen MR) is 53.4 cm³/mol. The van der Waals surface area contributed by atoms with Gasteiger partial charge in [0.1, 0.15) is 0 Å². The van der Waals surface area contributed by atoms with Crippen LogP contribution in [-0.2, 0) is 0 Å². The van der Waals surface area contributed by atoms with Crippen molar-refractivity contribution in [3.05, 3.63) is 0 Å². The smallest absolute Gasteiger partial charge is 0.0169 e. The molecule has 1 rings (SSSR count). The Morgan fingerprint density at radius 2 is 2.08 bits per heavy atom. The molecule has 0 radical (unpaired) electrons. The maximum absolute atomic E-state index is 3.59. The Morgan fingerprint density at radius 3 is 2.75 bits per heavy atom. The molecule has 12 heavy (non-hydrogen) atoms. The molecule has 2 atom stereocenters. The standard InChI is InChI=1S/C10H22N2/c1-4-6-12-7-5-9(2)11-10(3)8-12/h9-11H,4-8H2,1-3H3. The van der Waals surface area contributed by atoms with Crippen LogP contribution in [0.4, 0.5) is 0 Å². The van der Waals surface area contributed by atoms with Crippen LogP contribution in [0.25, 0.3) is 0 Å². The molecule has 0 aliphatic carbocycles. The summed E-state index contributed by atoms with van der Waals surface area (Å²) in [6.07, 6.45) is 2.57. The maximum atomic E-state index is 3.59. The van der Waals surface area contributed by atoms with E-state index in [4.69, 9.17) is 0 Å². The van der Waals surface area contributed by atoms with E-state index < -0.39 is 0 Å². The number of hydrogen-bond donors (Lipinski definition) is 1. The zero-order valence-corrected chi connectivity index (χ0v) is 8.64. The zero-order chi connectivity index (χ0) is 8.97. The van der Waals surface area contributed by atoms with Crippen molar-refractivity contribution in [1.29, 1.82) is 0 Å². The van der Waals surface area contributed by atoms with E-state index in [-0.39, 0.29) is 0 Å². The predicted octanol–water partition coefficient (Wildman–Crippen LogP) is 1.47. The summed E-state index contributed by atoms with van der Waals surface area (Å²) in [7, 11) is 0. The molecule has 0 aromatic rings. The van der Waals surface area contributed by atoms with Crippen LogP contribution in [0.2, 0.25) is 0 Å². The number of hydrogen-bond acceptors (Lipinski definition) is 2. The molecule has 1 aliphatic rings. The SMILES string of the molecule is CCCN1CCC(C)NC(C)C1. The van der Waals surface area contributed by atoms with Gasteiger partial charge < -0.3 is 10.2 Å². The molecule has 1 fully saturated rings. The summed E-state index contributed by atoms with van der Waals surface area (Å²) < 4.78 is 0. The first-order chi connectivity index (χ1) is 5.72. The summed E-state index contributed by atoms with van der Waals surface area (Å²) in [6.45, 7) is 10.6. The zero-order valence-electron chi connectivity index (χ0n) is 8.64. The third-order valence-electron chi connectivity index (χ3n) is 2.52. The van der Waals surface area contributed by atoms with E-state index in [2.05, 4.69) is 31.0 Å². The second kappa shape index (κ2) is 4.83. The second-order valence-corrected chi connectivity index (χ2v) is 4.06. The number of nitrogens with zero attached hydrogens (tertiary/aromatic N) is 1. The number of rotatable bonds is 2. The van der Waals surface area contributed by atoms with E-state index in [1.807, 2.05) is 0 Å². The molecule has 2 heteroatoms. The van der Waals surface area contributed by atoms with Gasteiger partial charge in [-0.25, -0.2) is 0 Å². The van der Waals surface area contributed by atoms with Crippen molar-refractivity contribution >= 4 is 0 Å². The van der Waals surface area contributed by atoms with Gasteiger partial charge in [0.25, 0.3) is 0 Å². The molecule has 0 spiro atoms. The third kappa shape index (κ3) is 3.11. The van der Waals surface area contributed by atoms with Gasteiger partial charge in [-0.05, 0) is 39.8 Å². The van der Waals surface area contributed by atoms with Gasteiger partial charge in [-0.2, -0.15) is 0 Å². The molecule has 72 valence electrons.